The molecule has 0 aliphatic carbocycles. The van der Waals surface area contributed by atoms with Gasteiger partial charge in [-0.2, -0.15) is 0 Å². The van der Waals surface area contributed by atoms with E-state index in [0.717, 1.165) is 32.1 Å². The van der Waals surface area contributed by atoms with Gasteiger partial charge in [0.2, 0.25) is 11.8 Å². The zero-order valence-electron chi connectivity index (χ0n) is 24.6. The smallest absolute Gasteiger partial charge is 0.264 e. The fourth-order valence-corrected chi connectivity index (χ4v) is 5.96. The summed E-state index contributed by atoms with van der Waals surface area (Å²) in [5, 5.41) is 2.92. The van der Waals surface area contributed by atoms with Crippen LogP contribution in [0.3, 0.4) is 0 Å². The highest BCUT2D eigenvalue weighted by molar-refractivity contribution is 7.92. The maximum Gasteiger partial charge on any atom is 0.264 e. The molecular weight excluding hydrogens is 522 g/mol. The highest BCUT2D eigenvalue weighted by Crippen LogP contribution is 2.27. The van der Waals surface area contributed by atoms with Gasteiger partial charge in [0.05, 0.1) is 10.6 Å². The van der Waals surface area contributed by atoms with E-state index < -0.39 is 28.5 Å². The van der Waals surface area contributed by atoms with Gasteiger partial charge in [-0.3, -0.25) is 13.9 Å². The Kier molecular flexibility index (Phi) is 10.1. The molecule has 0 heterocycles. The number of benzene rings is 3. The molecule has 7 nitrogen and oxygen atoms in total. The van der Waals surface area contributed by atoms with E-state index in [1.165, 1.54) is 4.90 Å². The quantitative estimate of drug-likeness (QED) is 0.336. The molecule has 1 N–H and O–H groups in total. The summed E-state index contributed by atoms with van der Waals surface area (Å²) >= 11 is 0. The fourth-order valence-electron chi connectivity index (χ4n) is 4.55. The minimum atomic E-state index is -4.10. The molecule has 2 amide bonds. The largest absolute Gasteiger partial charge is 0.352 e. The molecule has 0 aromatic heterocycles. The number of anilines is 1. The molecule has 0 radical (unpaired) electrons. The number of hydrogen-bond acceptors (Lipinski definition) is 4. The number of aryl methyl sites for hydroxylation is 4. The first-order valence-electron chi connectivity index (χ1n) is 13.7. The van der Waals surface area contributed by atoms with Crippen LogP contribution in [0.4, 0.5) is 5.69 Å². The van der Waals surface area contributed by atoms with Crippen molar-refractivity contribution in [2.45, 2.75) is 78.4 Å². The number of hydrogen-bond donors (Lipinski definition) is 1. The van der Waals surface area contributed by atoms with Crippen molar-refractivity contribution < 1.29 is 18.0 Å². The number of carbonyl (C=O) groups excluding carboxylic acids is 2. The Balaban J connectivity index is 2.09. The van der Waals surface area contributed by atoms with Gasteiger partial charge in [-0.05, 0) is 88.9 Å². The van der Waals surface area contributed by atoms with Crippen molar-refractivity contribution in [3.05, 3.63) is 94.5 Å². The van der Waals surface area contributed by atoms with Crippen molar-refractivity contribution in [2.75, 3.05) is 10.8 Å². The van der Waals surface area contributed by atoms with Gasteiger partial charge in [-0.1, -0.05) is 60.5 Å². The lowest BCUT2D eigenvalue weighted by Gasteiger charge is -2.33. The lowest BCUT2D eigenvalue weighted by molar-refractivity contribution is -0.140. The molecule has 0 unspecified atom stereocenters. The van der Waals surface area contributed by atoms with Crippen molar-refractivity contribution in [1.82, 2.24) is 10.2 Å². The van der Waals surface area contributed by atoms with E-state index in [1.54, 1.807) is 36.4 Å². The summed E-state index contributed by atoms with van der Waals surface area (Å²) in [7, 11) is -4.10. The zero-order chi connectivity index (χ0) is 29.6. The molecule has 0 spiro atoms. The second kappa shape index (κ2) is 13.1. The maximum absolute atomic E-state index is 14.1. The molecule has 0 bridgehead atoms. The highest BCUT2D eigenvalue weighted by Gasteiger charge is 2.34. The average molecular weight is 564 g/mol. The summed E-state index contributed by atoms with van der Waals surface area (Å²) in [6, 6.07) is 18.8. The first-order valence-corrected chi connectivity index (χ1v) is 15.1. The number of sulfonamides is 1. The van der Waals surface area contributed by atoms with Gasteiger partial charge in [0.25, 0.3) is 10.0 Å². The molecule has 0 aliphatic heterocycles. The van der Waals surface area contributed by atoms with E-state index in [1.807, 2.05) is 78.8 Å². The van der Waals surface area contributed by atoms with Crippen molar-refractivity contribution in [3.8, 4) is 0 Å². The molecule has 3 aromatic carbocycles. The van der Waals surface area contributed by atoms with Crippen molar-refractivity contribution in [3.63, 3.8) is 0 Å². The molecular formula is C32H41N3O4S. The van der Waals surface area contributed by atoms with E-state index in [0.29, 0.717) is 12.1 Å². The van der Waals surface area contributed by atoms with E-state index in [2.05, 4.69) is 5.32 Å². The molecule has 3 aromatic rings. The van der Waals surface area contributed by atoms with Gasteiger partial charge in [0, 0.05) is 12.6 Å². The Hall–Kier alpha value is -3.65. The van der Waals surface area contributed by atoms with Crippen LogP contribution in [0.15, 0.2) is 71.6 Å². The molecule has 3 rings (SSSR count). The zero-order valence-corrected chi connectivity index (χ0v) is 25.4. The van der Waals surface area contributed by atoms with E-state index in [4.69, 9.17) is 0 Å². The van der Waals surface area contributed by atoms with Gasteiger partial charge in [0.1, 0.15) is 12.6 Å². The second-order valence-corrected chi connectivity index (χ2v) is 12.6. The Bertz CT molecular complexity index is 1450. The predicted octanol–water partition coefficient (Wildman–Crippen LogP) is 5.45. The number of nitrogens with zero attached hydrogens (tertiary/aromatic N) is 2. The van der Waals surface area contributed by atoms with Crippen LogP contribution < -0.4 is 9.62 Å². The fraction of sp³-hybridized carbons (Fsp3) is 0.375. The van der Waals surface area contributed by atoms with Gasteiger partial charge in [-0.25, -0.2) is 8.42 Å². The minimum absolute atomic E-state index is 0.0963. The third kappa shape index (κ3) is 7.50. The monoisotopic (exact) mass is 563 g/mol. The van der Waals surface area contributed by atoms with Crippen LogP contribution in [0.5, 0.6) is 0 Å². The van der Waals surface area contributed by atoms with Crippen molar-refractivity contribution >= 4 is 27.5 Å². The summed E-state index contributed by atoms with van der Waals surface area (Å²) in [5.41, 5.74) is 5.14. The lowest BCUT2D eigenvalue weighted by atomic mass is 10.1. The molecule has 0 fully saturated rings. The highest BCUT2D eigenvalue weighted by atomic mass is 32.2. The molecule has 0 saturated carbocycles. The summed E-state index contributed by atoms with van der Waals surface area (Å²) in [4.78, 5) is 29.0. The SMILES string of the molecule is CC[C@H](C(=O)NC(C)C)N(Cc1cccc(C)c1)C(=O)CN(c1ccc(C)c(C)c1)S(=O)(=O)c1ccc(C)cc1. The molecule has 0 saturated heterocycles. The van der Waals surface area contributed by atoms with E-state index >= 15 is 0 Å². The van der Waals surface area contributed by atoms with Crippen LogP contribution in [0.1, 0.15) is 55.0 Å². The van der Waals surface area contributed by atoms with Crippen molar-refractivity contribution in [1.29, 1.82) is 0 Å². The van der Waals surface area contributed by atoms with Crippen LogP contribution in [0.2, 0.25) is 0 Å². The van der Waals surface area contributed by atoms with Gasteiger partial charge < -0.3 is 10.2 Å². The summed E-state index contributed by atoms with van der Waals surface area (Å²) in [6.07, 6.45) is 0.379. The minimum Gasteiger partial charge on any atom is -0.352 e. The predicted molar refractivity (Wildman–Crippen MR) is 161 cm³/mol. The molecule has 40 heavy (non-hydrogen) atoms. The maximum atomic E-state index is 14.1. The third-order valence-corrected chi connectivity index (χ3v) is 8.71. The number of carbonyl (C=O) groups is 2. The Morgan fingerprint density at radius 2 is 1.52 bits per heavy atom. The molecule has 0 aliphatic rings. The number of rotatable bonds is 11. The summed E-state index contributed by atoms with van der Waals surface area (Å²) in [5.74, 6) is -0.723. The molecule has 1 atom stereocenters. The number of nitrogens with one attached hydrogen (secondary N) is 1. The van der Waals surface area contributed by atoms with Crippen molar-refractivity contribution in [2.24, 2.45) is 0 Å². The standard InChI is InChI=1S/C32H41N3O4S/c1-8-30(32(37)33-22(2)3)34(20-27-11-9-10-24(5)18-27)31(36)21-35(28-15-14-25(6)26(7)19-28)40(38,39)29-16-12-23(4)13-17-29/h9-19,22,30H,8,20-21H2,1-7H3,(H,33,37)/t30-/m1/s1. The van der Waals surface area contributed by atoms with Crippen LogP contribution in [-0.2, 0) is 26.2 Å². The summed E-state index contributed by atoms with van der Waals surface area (Å²) < 4.78 is 29.1. The first kappa shape index (κ1) is 30.9. The normalized spacial score (nSPS) is 12.2. The lowest BCUT2D eigenvalue weighted by Crippen LogP contribution is -2.53. The van der Waals surface area contributed by atoms with Crippen LogP contribution in [0.25, 0.3) is 0 Å². The van der Waals surface area contributed by atoms with Crippen LogP contribution >= 0.6 is 0 Å². The summed E-state index contributed by atoms with van der Waals surface area (Å²) in [6.45, 7) is 13.0. The number of amides is 2. The molecule has 214 valence electrons. The van der Waals surface area contributed by atoms with E-state index in [-0.39, 0.29) is 23.4 Å². The second-order valence-electron chi connectivity index (χ2n) is 10.7. The molecule has 8 heteroatoms. The van der Waals surface area contributed by atoms with Gasteiger partial charge in [-0.15, -0.1) is 0 Å². The van der Waals surface area contributed by atoms with Gasteiger partial charge in [0.15, 0.2) is 0 Å². The first-order chi connectivity index (χ1) is 18.8. The van der Waals surface area contributed by atoms with Crippen LogP contribution in [-0.4, -0.2) is 43.8 Å². The Labute approximate surface area is 239 Å². The van der Waals surface area contributed by atoms with Gasteiger partial charge >= 0.3 is 0 Å². The van der Waals surface area contributed by atoms with Crippen LogP contribution in [0, 0.1) is 27.7 Å². The van der Waals surface area contributed by atoms with E-state index in [9.17, 15) is 18.0 Å². The Morgan fingerprint density at radius 3 is 2.10 bits per heavy atom. The topological polar surface area (TPSA) is 86.8 Å². The average Bonchev–Trinajstić information content (AvgIpc) is 2.88. The Morgan fingerprint density at radius 1 is 0.850 bits per heavy atom. The third-order valence-electron chi connectivity index (χ3n) is 6.92.